The zero-order chi connectivity index (χ0) is 23.5. The Morgan fingerprint density at radius 2 is 2.03 bits per heavy atom. The minimum Gasteiger partial charge on any atom is -0.475 e. The molecule has 8 nitrogen and oxygen atoms in total. The van der Waals surface area contributed by atoms with Gasteiger partial charge in [-0.05, 0) is 43.0 Å². The van der Waals surface area contributed by atoms with Crippen LogP contribution in [0.4, 0.5) is 0 Å². The molecule has 4 heterocycles. The molecule has 5 rings (SSSR count). The van der Waals surface area contributed by atoms with E-state index in [1.807, 2.05) is 25.1 Å². The number of aromatic nitrogens is 2. The predicted octanol–water partition coefficient (Wildman–Crippen LogP) is 3.14. The van der Waals surface area contributed by atoms with Crippen LogP contribution in [0.3, 0.4) is 0 Å². The van der Waals surface area contributed by atoms with Crippen molar-refractivity contribution in [3.8, 4) is 17.1 Å². The molecule has 0 spiro atoms. The van der Waals surface area contributed by atoms with Crippen molar-refractivity contribution in [1.29, 1.82) is 0 Å². The highest BCUT2D eigenvalue weighted by Gasteiger charge is 2.45. The van der Waals surface area contributed by atoms with Crippen LogP contribution < -0.4 is 16.0 Å². The topological polar surface area (TPSA) is 117 Å². The number of pyridine rings is 2. The third-order valence-corrected chi connectivity index (χ3v) is 6.78. The van der Waals surface area contributed by atoms with Crippen LogP contribution in [-0.2, 0) is 34.7 Å². The van der Waals surface area contributed by atoms with Gasteiger partial charge in [-0.25, -0.2) is 9.78 Å². The van der Waals surface area contributed by atoms with Crippen LogP contribution in [0.2, 0.25) is 0 Å². The summed E-state index contributed by atoms with van der Waals surface area (Å²) in [7, 11) is 0. The summed E-state index contributed by atoms with van der Waals surface area (Å²) in [6.07, 6.45) is 1.13. The summed E-state index contributed by atoms with van der Waals surface area (Å²) in [5, 5.41) is 11.9. The van der Waals surface area contributed by atoms with E-state index in [0.29, 0.717) is 41.2 Å². The van der Waals surface area contributed by atoms with Crippen LogP contribution in [0.15, 0.2) is 29.1 Å². The highest BCUT2D eigenvalue weighted by atomic mass is 35.5. The Kier molecular flexibility index (Phi) is 6.18. The third kappa shape index (κ3) is 3.40. The molecule has 2 aliphatic heterocycles. The van der Waals surface area contributed by atoms with E-state index in [-0.39, 0.29) is 31.0 Å². The van der Waals surface area contributed by atoms with E-state index < -0.39 is 17.8 Å². The molecular formula is C25H28ClN3O5. The molecule has 1 aromatic carbocycles. The van der Waals surface area contributed by atoms with E-state index >= 15 is 0 Å². The molecule has 0 saturated heterocycles. The Balaban J connectivity index is 0.00000274. The molecule has 0 fully saturated rings. The van der Waals surface area contributed by atoms with Crippen molar-refractivity contribution in [2.75, 3.05) is 0 Å². The number of hydrogen-bond donors (Lipinski definition) is 2. The summed E-state index contributed by atoms with van der Waals surface area (Å²) in [5.74, 6) is -0.0670. The molecule has 3 aromatic rings. The molecule has 2 atom stereocenters. The average Bonchev–Trinajstić information content (AvgIpc) is 3.18. The molecule has 34 heavy (non-hydrogen) atoms. The summed E-state index contributed by atoms with van der Waals surface area (Å²) < 4.78 is 12.7. The van der Waals surface area contributed by atoms with Crippen molar-refractivity contribution in [2.45, 2.75) is 65.0 Å². The highest BCUT2D eigenvalue weighted by molar-refractivity contribution is 5.91. The Bertz CT molecular complexity index is 1370. The van der Waals surface area contributed by atoms with Gasteiger partial charge in [-0.1, -0.05) is 26.8 Å². The van der Waals surface area contributed by atoms with Gasteiger partial charge in [0.25, 0.3) is 5.56 Å². The van der Waals surface area contributed by atoms with Crippen LogP contribution in [0, 0.1) is 0 Å². The maximum absolute atomic E-state index is 13.3. The number of hydrogen-bond acceptors (Lipinski definition) is 7. The normalized spacial score (nSPS) is 19.0. The monoisotopic (exact) mass is 485 g/mol. The second kappa shape index (κ2) is 8.69. The minimum absolute atomic E-state index is 0. The first kappa shape index (κ1) is 24.2. The second-order valence-electron chi connectivity index (χ2n) is 8.64. The average molecular weight is 486 g/mol. The lowest BCUT2D eigenvalue weighted by Crippen LogP contribution is -2.44. The smallest absolute Gasteiger partial charge is 0.343 e. The van der Waals surface area contributed by atoms with Crippen LogP contribution in [0.1, 0.15) is 55.9 Å². The van der Waals surface area contributed by atoms with Gasteiger partial charge in [0.2, 0.25) is 0 Å². The van der Waals surface area contributed by atoms with E-state index in [1.165, 1.54) is 0 Å². The number of nitrogens with zero attached hydrogens (tertiary/aromatic N) is 2. The molecule has 0 unspecified atom stereocenters. The zero-order valence-electron chi connectivity index (χ0n) is 19.4. The first-order chi connectivity index (χ1) is 15.8. The number of aryl methyl sites for hydroxylation is 1. The molecule has 0 saturated carbocycles. The van der Waals surface area contributed by atoms with Crippen molar-refractivity contribution in [2.24, 2.45) is 5.73 Å². The fraction of sp³-hybridized carbons (Fsp3) is 0.400. The highest BCUT2D eigenvalue weighted by Crippen LogP contribution is 2.40. The van der Waals surface area contributed by atoms with E-state index in [4.69, 9.17) is 20.2 Å². The number of nitrogens with two attached hydrogens (primary N) is 1. The lowest BCUT2D eigenvalue weighted by atomic mass is 9.86. The van der Waals surface area contributed by atoms with Crippen LogP contribution in [-0.4, -0.2) is 26.9 Å². The first-order valence-electron chi connectivity index (χ1n) is 11.4. The van der Waals surface area contributed by atoms with Gasteiger partial charge in [0.15, 0.2) is 5.60 Å². The number of fused-ring (bicyclic) bond motifs is 5. The van der Waals surface area contributed by atoms with E-state index in [1.54, 1.807) is 17.6 Å². The molecule has 9 heteroatoms. The number of benzene rings is 1. The Morgan fingerprint density at radius 3 is 2.71 bits per heavy atom. The zero-order valence-corrected chi connectivity index (χ0v) is 20.2. The number of ether oxygens (including phenoxy) is 2. The van der Waals surface area contributed by atoms with Crippen molar-refractivity contribution >= 4 is 29.3 Å². The van der Waals surface area contributed by atoms with E-state index in [2.05, 4.69) is 6.92 Å². The quantitative estimate of drug-likeness (QED) is 0.329. The molecule has 2 aromatic heterocycles. The number of carbonyl (C=O) groups excluding carboxylic acids is 1. The summed E-state index contributed by atoms with van der Waals surface area (Å²) in [6, 6.07) is 7.64. The van der Waals surface area contributed by atoms with Gasteiger partial charge in [-0.15, -0.1) is 12.4 Å². The van der Waals surface area contributed by atoms with Crippen molar-refractivity contribution in [1.82, 2.24) is 9.55 Å². The Hall–Kier alpha value is -2.94. The van der Waals surface area contributed by atoms with Gasteiger partial charge in [-0.3, -0.25) is 10.5 Å². The van der Waals surface area contributed by atoms with Crippen molar-refractivity contribution in [3.05, 3.63) is 56.9 Å². The van der Waals surface area contributed by atoms with Gasteiger partial charge in [0.05, 0.1) is 29.0 Å². The van der Waals surface area contributed by atoms with E-state index in [0.717, 1.165) is 28.5 Å². The van der Waals surface area contributed by atoms with Gasteiger partial charge in [-0.2, -0.15) is 0 Å². The molecule has 0 bridgehead atoms. The summed E-state index contributed by atoms with van der Waals surface area (Å²) in [6.45, 7) is 5.91. The standard InChI is InChI=1S/C25H27N3O5.ClH/c1-4-13-7-8-19(33-20(26)5-2)15-9-14-11-28-18(22(14)27-21(13)15)10-17-16(23(28)29)12-32-24(30)25(17,31)6-3;/h7-10,20,31H,4-6,11-12,26H2,1-3H3;1H/t20-,25-;/m0./s1. The Labute approximate surface area is 203 Å². The van der Waals surface area contributed by atoms with Crippen LogP contribution in [0.25, 0.3) is 22.3 Å². The number of carbonyl (C=O) groups is 1. The lowest BCUT2D eigenvalue weighted by molar-refractivity contribution is -0.172. The third-order valence-electron chi connectivity index (χ3n) is 6.78. The molecular weight excluding hydrogens is 458 g/mol. The second-order valence-corrected chi connectivity index (χ2v) is 8.64. The fourth-order valence-electron chi connectivity index (χ4n) is 4.73. The number of aliphatic hydroxyl groups is 1. The largest absolute Gasteiger partial charge is 0.475 e. The maximum Gasteiger partial charge on any atom is 0.343 e. The fourth-order valence-corrected chi connectivity index (χ4v) is 4.73. The SMILES string of the molecule is CCc1ccc(O[C@H](N)CC)c2cc3c(nc12)-c1cc2c(c(=O)n1C3)COC(=O)[C@]2(O)CC.Cl. The number of cyclic esters (lactones) is 1. The molecule has 2 aliphatic rings. The molecule has 180 valence electrons. The molecule has 0 radical (unpaired) electrons. The predicted molar refractivity (Wildman–Crippen MR) is 130 cm³/mol. The number of halogens is 1. The van der Waals surface area contributed by atoms with Gasteiger partial charge in [0.1, 0.15) is 18.6 Å². The molecule has 0 amide bonds. The lowest BCUT2D eigenvalue weighted by Gasteiger charge is -2.31. The first-order valence-corrected chi connectivity index (χ1v) is 11.4. The minimum atomic E-state index is -1.84. The summed E-state index contributed by atoms with van der Waals surface area (Å²) in [5.41, 5.74) is 8.53. The van der Waals surface area contributed by atoms with Gasteiger partial charge < -0.3 is 19.1 Å². The van der Waals surface area contributed by atoms with Crippen molar-refractivity contribution < 1.29 is 19.4 Å². The summed E-state index contributed by atoms with van der Waals surface area (Å²) >= 11 is 0. The van der Waals surface area contributed by atoms with Gasteiger partial charge in [0, 0.05) is 16.5 Å². The van der Waals surface area contributed by atoms with E-state index in [9.17, 15) is 14.7 Å². The summed E-state index contributed by atoms with van der Waals surface area (Å²) in [4.78, 5) is 30.7. The maximum atomic E-state index is 13.3. The Morgan fingerprint density at radius 1 is 1.26 bits per heavy atom. The van der Waals surface area contributed by atoms with Crippen LogP contribution >= 0.6 is 12.4 Å². The van der Waals surface area contributed by atoms with Crippen LogP contribution in [0.5, 0.6) is 5.75 Å². The van der Waals surface area contributed by atoms with Gasteiger partial charge >= 0.3 is 5.97 Å². The number of rotatable bonds is 5. The molecule has 0 aliphatic carbocycles. The van der Waals surface area contributed by atoms with Crippen molar-refractivity contribution in [3.63, 3.8) is 0 Å². The molecule has 3 N–H and O–H groups in total. The number of esters is 1.